The highest BCUT2D eigenvalue weighted by Gasteiger charge is 2.14. The molecule has 0 bridgehead atoms. The van der Waals surface area contributed by atoms with E-state index in [9.17, 15) is 0 Å². The zero-order valence-corrected chi connectivity index (χ0v) is 10.8. The van der Waals surface area contributed by atoms with Gasteiger partial charge in [-0.15, -0.1) is 0 Å². The summed E-state index contributed by atoms with van der Waals surface area (Å²) in [4.78, 5) is 2.61. The molecule has 2 heteroatoms. The van der Waals surface area contributed by atoms with E-state index in [-0.39, 0.29) is 0 Å². The lowest BCUT2D eigenvalue weighted by Crippen LogP contribution is -2.39. The average molecular weight is 212 g/mol. The third kappa shape index (κ3) is 6.16. The Labute approximate surface area is 95.4 Å². The molecule has 0 aliphatic carbocycles. The molecule has 0 spiro atoms. The summed E-state index contributed by atoms with van der Waals surface area (Å²) in [5, 5.41) is 3.54. The first kappa shape index (κ1) is 13.0. The van der Waals surface area contributed by atoms with Crippen LogP contribution in [0.3, 0.4) is 0 Å². The van der Waals surface area contributed by atoms with Crippen molar-refractivity contribution in [2.75, 3.05) is 32.7 Å². The van der Waals surface area contributed by atoms with Crippen molar-refractivity contribution in [2.45, 2.75) is 40.0 Å². The van der Waals surface area contributed by atoms with Gasteiger partial charge in [-0.1, -0.05) is 20.8 Å². The van der Waals surface area contributed by atoms with Crippen LogP contribution in [0.5, 0.6) is 0 Å². The van der Waals surface area contributed by atoms with E-state index in [1.165, 1.54) is 52.0 Å². The molecule has 1 aliphatic heterocycles. The summed E-state index contributed by atoms with van der Waals surface area (Å²) in [6.45, 7) is 13.2. The van der Waals surface area contributed by atoms with Crippen LogP contribution >= 0.6 is 0 Å². The molecule has 15 heavy (non-hydrogen) atoms. The van der Waals surface area contributed by atoms with Crippen molar-refractivity contribution >= 4 is 0 Å². The summed E-state index contributed by atoms with van der Waals surface area (Å²) in [6.07, 6.45) is 4.13. The number of hydrogen-bond acceptors (Lipinski definition) is 2. The Hall–Kier alpha value is -0.0800. The van der Waals surface area contributed by atoms with E-state index in [2.05, 4.69) is 31.0 Å². The smallest absolute Gasteiger partial charge is 0.0107 e. The Morgan fingerprint density at radius 3 is 2.80 bits per heavy atom. The fourth-order valence-corrected chi connectivity index (χ4v) is 2.24. The third-order valence-corrected chi connectivity index (χ3v) is 3.24. The molecule has 2 nitrogen and oxygen atoms in total. The van der Waals surface area contributed by atoms with Gasteiger partial charge in [0.05, 0.1) is 0 Å². The standard InChI is InChI=1S/C13H28N2/c1-12(2)6-7-14-8-10-15-9-4-5-13(3)11-15/h12-14H,4-11H2,1-3H3. The Morgan fingerprint density at radius 2 is 2.13 bits per heavy atom. The Bertz CT molecular complexity index is 157. The van der Waals surface area contributed by atoms with E-state index in [0.29, 0.717) is 0 Å². The Balaban J connectivity index is 1.95. The lowest BCUT2D eigenvalue weighted by Gasteiger charge is -2.30. The summed E-state index contributed by atoms with van der Waals surface area (Å²) in [7, 11) is 0. The van der Waals surface area contributed by atoms with Crippen molar-refractivity contribution in [3.05, 3.63) is 0 Å². The largest absolute Gasteiger partial charge is 0.315 e. The second kappa shape index (κ2) is 7.24. The number of hydrogen-bond donors (Lipinski definition) is 1. The van der Waals surface area contributed by atoms with Crippen LogP contribution in [0.1, 0.15) is 40.0 Å². The number of piperidine rings is 1. The molecule has 1 saturated heterocycles. The van der Waals surface area contributed by atoms with E-state index in [1.54, 1.807) is 0 Å². The van der Waals surface area contributed by atoms with E-state index in [4.69, 9.17) is 0 Å². The number of nitrogens with one attached hydrogen (secondary N) is 1. The van der Waals surface area contributed by atoms with Gasteiger partial charge in [-0.2, -0.15) is 0 Å². The molecule has 1 unspecified atom stereocenters. The maximum absolute atomic E-state index is 3.54. The van der Waals surface area contributed by atoms with Crippen molar-refractivity contribution < 1.29 is 0 Å². The van der Waals surface area contributed by atoms with Crippen molar-refractivity contribution in [1.29, 1.82) is 0 Å². The quantitative estimate of drug-likeness (QED) is 0.680. The normalized spacial score (nSPS) is 23.6. The summed E-state index contributed by atoms with van der Waals surface area (Å²) < 4.78 is 0. The van der Waals surface area contributed by atoms with E-state index < -0.39 is 0 Å². The van der Waals surface area contributed by atoms with Crippen molar-refractivity contribution in [3.8, 4) is 0 Å². The van der Waals surface area contributed by atoms with Gasteiger partial charge in [0.1, 0.15) is 0 Å². The highest BCUT2D eigenvalue weighted by molar-refractivity contribution is 4.70. The molecule has 0 aromatic rings. The fraction of sp³-hybridized carbons (Fsp3) is 1.00. The van der Waals surface area contributed by atoms with Crippen LogP contribution in [0.4, 0.5) is 0 Å². The lowest BCUT2D eigenvalue weighted by molar-refractivity contribution is 0.184. The second-order valence-corrected chi connectivity index (χ2v) is 5.48. The highest BCUT2D eigenvalue weighted by atomic mass is 15.1. The third-order valence-electron chi connectivity index (χ3n) is 3.24. The number of rotatable bonds is 6. The predicted molar refractivity (Wildman–Crippen MR) is 67.2 cm³/mol. The molecule has 1 heterocycles. The van der Waals surface area contributed by atoms with Gasteiger partial charge in [-0.25, -0.2) is 0 Å². The first-order chi connectivity index (χ1) is 7.18. The SMILES string of the molecule is CC(C)CCNCCN1CCCC(C)C1. The highest BCUT2D eigenvalue weighted by Crippen LogP contribution is 2.14. The molecule has 1 rings (SSSR count). The maximum Gasteiger partial charge on any atom is 0.0107 e. The number of likely N-dealkylation sites (tertiary alicyclic amines) is 1. The molecule has 0 radical (unpaired) electrons. The minimum Gasteiger partial charge on any atom is -0.315 e. The molecule has 1 aliphatic rings. The molecule has 0 amide bonds. The van der Waals surface area contributed by atoms with Crippen molar-refractivity contribution in [2.24, 2.45) is 11.8 Å². The second-order valence-electron chi connectivity index (χ2n) is 5.48. The molecule has 1 atom stereocenters. The van der Waals surface area contributed by atoms with Gasteiger partial charge in [0, 0.05) is 19.6 Å². The topological polar surface area (TPSA) is 15.3 Å². The molecule has 0 saturated carbocycles. The van der Waals surface area contributed by atoms with Crippen LogP contribution in [0.25, 0.3) is 0 Å². The molecule has 1 fully saturated rings. The van der Waals surface area contributed by atoms with Crippen LogP contribution in [0.2, 0.25) is 0 Å². The molecule has 1 N–H and O–H groups in total. The maximum atomic E-state index is 3.54. The van der Waals surface area contributed by atoms with Crippen LogP contribution in [-0.4, -0.2) is 37.6 Å². The van der Waals surface area contributed by atoms with Crippen LogP contribution < -0.4 is 5.32 Å². The van der Waals surface area contributed by atoms with E-state index in [1.807, 2.05) is 0 Å². The van der Waals surface area contributed by atoms with Gasteiger partial charge >= 0.3 is 0 Å². The van der Waals surface area contributed by atoms with Crippen LogP contribution in [-0.2, 0) is 0 Å². The van der Waals surface area contributed by atoms with Gasteiger partial charge in [0.25, 0.3) is 0 Å². The van der Waals surface area contributed by atoms with Gasteiger partial charge in [-0.3, -0.25) is 0 Å². The fourth-order valence-electron chi connectivity index (χ4n) is 2.24. The van der Waals surface area contributed by atoms with Gasteiger partial charge in [-0.05, 0) is 44.2 Å². The molecular formula is C13H28N2. The molecular weight excluding hydrogens is 184 g/mol. The van der Waals surface area contributed by atoms with Crippen LogP contribution in [0, 0.1) is 11.8 Å². The summed E-state index contributed by atoms with van der Waals surface area (Å²) in [6, 6.07) is 0. The zero-order chi connectivity index (χ0) is 11.1. The monoisotopic (exact) mass is 212 g/mol. The Morgan fingerprint density at radius 1 is 1.33 bits per heavy atom. The van der Waals surface area contributed by atoms with Crippen LogP contribution in [0.15, 0.2) is 0 Å². The van der Waals surface area contributed by atoms with E-state index >= 15 is 0 Å². The zero-order valence-electron chi connectivity index (χ0n) is 10.8. The molecule has 0 aromatic carbocycles. The van der Waals surface area contributed by atoms with Gasteiger partial charge in [0.2, 0.25) is 0 Å². The summed E-state index contributed by atoms with van der Waals surface area (Å²) in [5.74, 6) is 1.74. The lowest BCUT2D eigenvalue weighted by atomic mass is 10.0. The minimum atomic E-state index is 0.826. The van der Waals surface area contributed by atoms with Gasteiger partial charge < -0.3 is 10.2 Å². The predicted octanol–water partition coefficient (Wildman–Crippen LogP) is 2.35. The number of nitrogens with zero attached hydrogens (tertiary/aromatic N) is 1. The van der Waals surface area contributed by atoms with E-state index in [0.717, 1.165) is 11.8 Å². The Kier molecular flexibility index (Phi) is 6.26. The summed E-state index contributed by atoms with van der Waals surface area (Å²) in [5.41, 5.74) is 0. The summed E-state index contributed by atoms with van der Waals surface area (Å²) >= 11 is 0. The van der Waals surface area contributed by atoms with Crippen molar-refractivity contribution in [1.82, 2.24) is 10.2 Å². The average Bonchev–Trinajstić information content (AvgIpc) is 2.17. The van der Waals surface area contributed by atoms with Gasteiger partial charge in [0.15, 0.2) is 0 Å². The molecule has 0 aromatic heterocycles. The first-order valence-electron chi connectivity index (χ1n) is 6.61. The minimum absolute atomic E-state index is 0.826. The molecule has 90 valence electrons. The first-order valence-corrected chi connectivity index (χ1v) is 6.61. The van der Waals surface area contributed by atoms with Crippen molar-refractivity contribution in [3.63, 3.8) is 0 Å².